The fraction of sp³-hybridized carbons (Fsp3) is 0.240. The molecule has 0 aliphatic carbocycles. The topological polar surface area (TPSA) is 84.5 Å². The van der Waals surface area contributed by atoms with Gasteiger partial charge in [-0.1, -0.05) is 18.2 Å². The molecular formula is C25H28N2O4S2. The number of benzene rings is 3. The first-order chi connectivity index (χ1) is 15.7. The zero-order valence-corrected chi connectivity index (χ0v) is 20.7. The number of hydrogen-bond acceptors (Lipinski definition) is 5. The first-order valence-electron chi connectivity index (χ1n) is 10.4. The van der Waals surface area contributed by atoms with Crippen molar-refractivity contribution in [2.45, 2.75) is 36.6 Å². The lowest BCUT2D eigenvalue weighted by molar-refractivity contribution is -0.123. The summed E-state index contributed by atoms with van der Waals surface area (Å²) >= 11 is 1.66. The predicted octanol–water partition coefficient (Wildman–Crippen LogP) is 5.08. The summed E-state index contributed by atoms with van der Waals surface area (Å²) in [4.78, 5) is 13.5. The Labute approximate surface area is 199 Å². The molecule has 3 aromatic carbocycles. The zero-order chi connectivity index (χ0) is 24.0. The van der Waals surface area contributed by atoms with Gasteiger partial charge in [0, 0.05) is 10.6 Å². The van der Waals surface area contributed by atoms with Crippen molar-refractivity contribution in [1.82, 2.24) is 5.32 Å². The van der Waals surface area contributed by atoms with Gasteiger partial charge < -0.3 is 10.1 Å². The summed E-state index contributed by atoms with van der Waals surface area (Å²) in [5.41, 5.74) is 3.61. The number of hydrogen-bond donors (Lipinski definition) is 2. The van der Waals surface area contributed by atoms with E-state index in [4.69, 9.17) is 4.74 Å². The molecule has 0 unspecified atom stereocenters. The summed E-state index contributed by atoms with van der Waals surface area (Å²) in [6.07, 6.45) is 2.01. The van der Waals surface area contributed by atoms with Crippen LogP contribution in [0.15, 0.2) is 76.5 Å². The van der Waals surface area contributed by atoms with Crippen molar-refractivity contribution in [2.24, 2.45) is 0 Å². The summed E-state index contributed by atoms with van der Waals surface area (Å²) in [6, 6.07) is 19.2. The van der Waals surface area contributed by atoms with Crippen LogP contribution in [-0.4, -0.2) is 27.2 Å². The first kappa shape index (κ1) is 24.7. The fourth-order valence-electron chi connectivity index (χ4n) is 3.14. The van der Waals surface area contributed by atoms with Gasteiger partial charge in [-0.15, -0.1) is 11.8 Å². The minimum atomic E-state index is -3.73. The van der Waals surface area contributed by atoms with Crippen LogP contribution in [-0.2, 0) is 14.8 Å². The maximum atomic E-state index is 12.7. The van der Waals surface area contributed by atoms with E-state index in [2.05, 4.69) is 10.0 Å². The molecule has 0 aliphatic rings. The maximum Gasteiger partial charge on any atom is 0.261 e. The second kappa shape index (κ2) is 10.8. The molecule has 0 fully saturated rings. The Morgan fingerprint density at radius 2 is 1.64 bits per heavy atom. The van der Waals surface area contributed by atoms with E-state index in [1.165, 1.54) is 24.3 Å². The molecule has 8 heteroatoms. The largest absolute Gasteiger partial charge is 0.484 e. The number of thioether (sulfide) groups is 1. The van der Waals surface area contributed by atoms with Crippen LogP contribution in [0.5, 0.6) is 5.75 Å². The number of carbonyl (C=O) groups excluding carboxylic acids is 1. The second-order valence-electron chi connectivity index (χ2n) is 7.73. The van der Waals surface area contributed by atoms with Crippen molar-refractivity contribution >= 4 is 33.4 Å². The van der Waals surface area contributed by atoms with E-state index < -0.39 is 10.0 Å². The summed E-state index contributed by atoms with van der Waals surface area (Å²) in [5.74, 6) is 0.150. The van der Waals surface area contributed by atoms with Crippen LogP contribution in [0.1, 0.15) is 29.7 Å². The van der Waals surface area contributed by atoms with Gasteiger partial charge >= 0.3 is 0 Å². The Hall–Kier alpha value is -2.97. The third kappa shape index (κ3) is 6.76. The predicted molar refractivity (Wildman–Crippen MR) is 133 cm³/mol. The third-order valence-corrected chi connectivity index (χ3v) is 7.40. The molecule has 3 rings (SSSR count). The summed E-state index contributed by atoms with van der Waals surface area (Å²) in [5, 5.41) is 2.90. The normalized spacial score (nSPS) is 12.1. The van der Waals surface area contributed by atoms with Gasteiger partial charge in [0.05, 0.1) is 10.9 Å². The molecule has 2 N–H and O–H groups in total. The van der Waals surface area contributed by atoms with Crippen LogP contribution in [0, 0.1) is 13.8 Å². The van der Waals surface area contributed by atoms with Crippen molar-refractivity contribution in [3.8, 4) is 5.75 Å². The smallest absolute Gasteiger partial charge is 0.261 e. The molecule has 174 valence electrons. The highest BCUT2D eigenvalue weighted by Gasteiger charge is 2.15. The number of rotatable bonds is 9. The van der Waals surface area contributed by atoms with Gasteiger partial charge in [-0.25, -0.2) is 8.42 Å². The number of sulfonamides is 1. The minimum absolute atomic E-state index is 0.111. The van der Waals surface area contributed by atoms with E-state index in [1.54, 1.807) is 23.9 Å². The Balaban J connectivity index is 1.55. The summed E-state index contributed by atoms with van der Waals surface area (Å²) < 4.78 is 33.4. The zero-order valence-electron chi connectivity index (χ0n) is 19.1. The number of aryl methyl sites for hydroxylation is 2. The number of nitrogens with one attached hydrogen (secondary N) is 2. The van der Waals surface area contributed by atoms with E-state index in [9.17, 15) is 13.2 Å². The number of ether oxygens (including phenoxy) is 1. The van der Waals surface area contributed by atoms with Crippen LogP contribution < -0.4 is 14.8 Å². The average molecular weight is 485 g/mol. The molecule has 0 radical (unpaired) electrons. The lowest BCUT2D eigenvalue weighted by Gasteiger charge is -2.15. The van der Waals surface area contributed by atoms with Gasteiger partial charge in [0.2, 0.25) is 0 Å². The Morgan fingerprint density at radius 1 is 0.970 bits per heavy atom. The quantitative estimate of drug-likeness (QED) is 0.414. The van der Waals surface area contributed by atoms with E-state index >= 15 is 0 Å². The number of anilines is 1. The molecule has 0 aliphatic heterocycles. The molecule has 0 bridgehead atoms. The molecular weight excluding hydrogens is 456 g/mol. The van der Waals surface area contributed by atoms with Crippen molar-refractivity contribution in [3.05, 3.63) is 83.4 Å². The molecule has 0 aromatic heterocycles. The third-order valence-electron chi connectivity index (χ3n) is 5.26. The molecule has 0 saturated carbocycles. The van der Waals surface area contributed by atoms with Crippen LogP contribution in [0.4, 0.5) is 5.69 Å². The standard InChI is InChI=1S/C25H28N2O4S2/c1-17-5-8-21(15-18(17)2)27-33(29,30)24-13-9-22(10-14-24)31-16-25(28)26-19(3)20-6-11-23(32-4)12-7-20/h5-15,19,27H,16H2,1-4H3,(H,26,28)/t19-/m1/s1. The van der Waals surface area contributed by atoms with Crippen LogP contribution in [0.2, 0.25) is 0 Å². The van der Waals surface area contributed by atoms with Crippen molar-refractivity contribution in [3.63, 3.8) is 0 Å². The van der Waals surface area contributed by atoms with Gasteiger partial charge in [-0.05, 0) is 92.2 Å². The Bertz CT molecular complexity index is 1210. The Kier molecular flexibility index (Phi) is 8.05. The van der Waals surface area contributed by atoms with Gasteiger partial charge in [0.25, 0.3) is 15.9 Å². The van der Waals surface area contributed by atoms with E-state index in [0.717, 1.165) is 21.6 Å². The molecule has 1 atom stereocenters. The van der Waals surface area contributed by atoms with E-state index in [-0.39, 0.29) is 23.5 Å². The molecule has 0 saturated heterocycles. The van der Waals surface area contributed by atoms with Gasteiger partial charge in [0.15, 0.2) is 6.61 Å². The van der Waals surface area contributed by atoms with E-state index in [1.807, 2.05) is 57.4 Å². The second-order valence-corrected chi connectivity index (χ2v) is 10.3. The average Bonchev–Trinajstić information content (AvgIpc) is 2.80. The summed E-state index contributed by atoms with van der Waals surface area (Å²) in [6.45, 7) is 5.64. The Morgan fingerprint density at radius 3 is 2.24 bits per heavy atom. The first-order valence-corrected chi connectivity index (χ1v) is 13.1. The van der Waals surface area contributed by atoms with Crippen LogP contribution >= 0.6 is 11.8 Å². The molecule has 3 aromatic rings. The van der Waals surface area contributed by atoms with E-state index in [0.29, 0.717) is 11.4 Å². The molecule has 1 amide bonds. The maximum absolute atomic E-state index is 12.7. The van der Waals surface area contributed by atoms with Crippen molar-refractivity contribution in [2.75, 3.05) is 17.6 Å². The van der Waals surface area contributed by atoms with Crippen molar-refractivity contribution < 1.29 is 17.9 Å². The van der Waals surface area contributed by atoms with Gasteiger partial charge in [-0.2, -0.15) is 0 Å². The number of carbonyl (C=O) groups is 1. The fourth-order valence-corrected chi connectivity index (χ4v) is 4.60. The highest BCUT2D eigenvalue weighted by Crippen LogP contribution is 2.22. The molecule has 0 heterocycles. The highest BCUT2D eigenvalue weighted by atomic mass is 32.2. The molecule has 0 spiro atoms. The number of amides is 1. The summed E-state index contributed by atoms with van der Waals surface area (Å²) in [7, 11) is -3.73. The highest BCUT2D eigenvalue weighted by molar-refractivity contribution is 7.98. The monoisotopic (exact) mass is 484 g/mol. The minimum Gasteiger partial charge on any atom is -0.484 e. The van der Waals surface area contributed by atoms with Crippen LogP contribution in [0.25, 0.3) is 0 Å². The van der Waals surface area contributed by atoms with Crippen LogP contribution in [0.3, 0.4) is 0 Å². The van der Waals surface area contributed by atoms with Gasteiger partial charge in [0.1, 0.15) is 5.75 Å². The molecule has 33 heavy (non-hydrogen) atoms. The molecule has 6 nitrogen and oxygen atoms in total. The van der Waals surface area contributed by atoms with Gasteiger partial charge in [-0.3, -0.25) is 9.52 Å². The van der Waals surface area contributed by atoms with Crippen molar-refractivity contribution in [1.29, 1.82) is 0 Å². The lowest BCUT2D eigenvalue weighted by Crippen LogP contribution is -2.31. The lowest BCUT2D eigenvalue weighted by atomic mass is 10.1. The SMILES string of the molecule is CSc1ccc([C@@H](C)NC(=O)COc2ccc(S(=O)(=O)Nc3ccc(C)c(C)c3)cc2)cc1.